The van der Waals surface area contributed by atoms with E-state index in [9.17, 15) is 8.42 Å². The highest BCUT2D eigenvalue weighted by Crippen LogP contribution is 2.25. The Balaban J connectivity index is 1.45. The maximum absolute atomic E-state index is 13.0. The predicted octanol–water partition coefficient (Wildman–Crippen LogP) is 2.25. The molecule has 0 unspecified atom stereocenters. The Labute approximate surface area is 182 Å². The summed E-state index contributed by atoms with van der Waals surface area (Å²) in [6, 6.07) is 14.5. The van der Waals surface area contributed by atoms with Crippen molar-refractivity contribution in [3.8, 4) is 0 Å². The molecule has 7 nitrogen and oxygen atoms in total. The standard InChI is InChI=1S/C21H25ClN4O3S/c22-18-3-1-17(2-4-18)21-9-10-26(23-21)19-5-7-20(8-6-19)30(28,29)25-13-11-24(12-14-25)15-16-27/h1-8,27H,9-16H2. The van der Waals surface area contributed by atoms with Crippen molar-refractivity contribution in [2.75, 3.05) is 50.9 Å². The lowest BCUT2D eigenvalue weighted by atomic mass is 10.1. The molecule has 0 aliphatic carbocycles. The molecule has 0 bridgehead atoms. The molecule has 2 aliphatic rings. The van der Waals surface area contributed by atoms with Crippen molar-refractivity contribution in [3.05, 3.63) is 59.1 Å². The first-order valence-corrected chi connectivity index (χ1v) is 11.8. The van der Waals surface area contributed by atoms with E-state index < -0.39 is 10.0 Å². The fourth-order valence-electron chi connectivity index (χ4n) is 3.76. The molecule has 160 valence electrons. The zero-order chi connectivity index (χ0) is 21.1. The van der Waals surface area contributed by atoms with Gasteiger partial charge in [-0.1, -0.05) is 23.7 Å². The fraction of sp³-hybridized carbons (Fsp3) is 0.381. The molecule has 0 saturated carbocycles. The summed E-state index contributed by atoms with van der Waals surface area (Å²) in [4.78, 5) is 2.36. The van der Waals surface area contributed by atoms with Gasteiger partial charge >= 0.3 is 0 Å². The van der Waals surface area contributed by atoms with Gasteiger partial charge in [0, 0.05) is 50.7 Å². The van der Waals surface area contributed by atoms with Crippen LogP contribution in [0.25, 0.3) is 0 Å². The summed E-state index contributed by atoms with van der Waals surface area (Å²) in [6.07, 6.45) is 0.819. The summed E-state index contributed by atoms with van der Waals surface area (Å²) in [6.45, 7) is 3.55. The molecule has 1 saturated heterocycles. The molecular weight excluding hydrogens is 424 g/mol. The quantitative estimate of drug-likeness (QED) is 0.733. The van der Waals surface area contributed by atoms with E-state index in [1.807, 2.05) is 41.4 Å². The number of aliphatic hydroxyl groups is 1. The number of hydrogen-bond acceptors (Lipinski definition) is 6. The lowest BCUT2D eigenvalue weighted by Gasteiger charge is -2.33. The lowest BCUT2D eigenvalue weighted by molar-refractivity contribution is 0.151. The van der Waals surface area contributed by atoms with Crippen molar-refractivity contribution in [2.24, 2.45) is 5.10 Å². The maximum atomic E-state index is 13.0. The van der Waals surface area contributed by atoms with Crippen LogP contribution in [0.5, 0.6) is 0 Å². The van der Waals surface area contributed by atoms with E-state index in [0.29, 0.717) is 42.6 Å². The Hall–Kier alpha value is -1.97. The number of hydrogen-bond donors (Lipinski definition) is 1. The Morgan fingerprint density at radius 1 is 0.933 bits per heavy atom. The normalized spacial score (nSPS) is 18.6. The van der Waals surface area contributed by atoms with Crippen molar-refractivity contribution in [1.29, 1.82) is 0 Å². The molecule has 0 atom stereocenters. The van der Waals surface area contributed by atoms with Gasteiger partial charge in [-0.2, -0.15) is 9.41 Å². The van der Waals surface area contributed by atoms with Crippen LogP contribution in [0.4, 0.5) is 5.69 Å². The monoisotopic (exact) mass is 448 g/mol. The SMILES string of the molecule is O=S(=O)(c1ccc(N2CCC(c3ccc(Cl)cc3)=N2)cc1)N1CCN(CCO)CC1. The van der Waals surface area contributed by atoms with Crippen LogP contribution in [0.1, 0.15) is 12.0 Å². The number of halogens is 1. The summed E-state index contributed by atoms with van der Waals surface area (Å²) in [7, 11) is -3.52. The number of anilines is 1. The highest BCUT2D eigenvalue weighted by atomic mass is 35.5. The molecule has 0 radical (unpaired) electrons. The second kappa shape index (κ2) is 9.03. The molecule has 0 amide bonds. The third-order valence-electron chi connectivity index (χ3n) is 5.50. The van der Waals surface area contributed by atoms with Crippen LogP contribution in [0.15, 0.2) is 58.5 Å². The molecule has 2 heterocycles. The summed E-state index contributed by atoms with van der Waals surface area (Å²) in [5.74, 6) is 0. The van der Waals surface area contributed by atoms with Crippen LogP contribution in [0.2, 0.25) is 5.02 Å². The zero-order valence-corrected chi connectivity index (χ0v) is 18.2. The molecule has 0 aromatic heterocycles. The number of aliphatic hydroxyl groups excluding tert-OH is 1. The highest BCUT2D eigenvalue weighted by Gasteiger charge is 2.28. The molecule has 4 rings (SSSR count). The maximum Gasteiger partial charge on any atom is 0.243 e. The van der Waals surface area contributed by atoms with E-state index in [2.05, 4.69) is 10.0 Å². The third-order valence-corrected chi connectivity index (χ3v) is 7.66. The largest absolute Gasteiger partial charge is 0.395 e. The van der Waals surface area contributed by atoms with Crippen molar-refractivity contribution >= 4 is 33.0 Å². The molecule has 1 N–H and O–H groups in total. The van der Waals surface area contributed by atoms with Gasteiger partial charge in [0.2, 0.25) is 10.0 Å². The topological polar surface area (TPSA) is 76.5 Å². The Bertz CT molecular complexity index is 1000. The van der Waals surface area contributed by atoms with Gasteiger partial charge in [0.15, 0.2) is 0 Å². The Kier molecular flexibility index (Phi) is 6.40. The average Bonchev–Trinajstić information content (AvgIpc) is 3.25. The second-order valence-corrected chi connectivity index (χ2v) is 9.76. The summed E-state index contributed by atoms with van der Waals surface area (Å²) in [5, 5.41) is 16.3. The molecular formula is C21H25ClN4O3S. The smallest absolute Gasteiger partial charge is 0.243 e. The van der Waals surface area contributed by atoms with Gasteiger partial charge in [0.05, 0.1) is 22.9 Å². The van der Waals surface area contributed by atoms with Crippen LogP contribution < -0.4 is 5.01 Å². The van der Waals surface area contributed by atoms with E-state index in [1.165, 1.54) is 4.31 Å². The Morgan fingerprint density at radius 2 is 1.60 bits per heavy atom. The van der Waals surface area contributed by atoms with Gasteiger partial charge in [-0.25, -0.2) is 8.42 Å². The number of hydrazone groups is 1. The van der Waals surface area contributed by atoms with E-state index in [-0.39, 0.29) is 6.61 Å². The van der Waals surface area contributed by atoms with Crippen LogP contribution in [0, 0.1) is 0 Å². The van der Waals surface area contributed by atoms with Gasteiger partial charge < -0.3 is 5.11 Å². The van der Waals surface area contributed by atoms with E-state index in [4.69, 9.17) is 16.7 Å². The summed E-state index contributed by atoms with van der Waals surface area (Å²) >= 11 is 5.96. The van der Waals surface area contributed by atoms with Gasteiger partial charge in [-0.05, 0) is 42.0 Å². The molecule has 2 aromatic rings. The van der Waals surface area contributed by atoms with E-state index >= 15 is 0 Å². The molecule has 0 spiro atoms. The molecule has 30 heavy (non-hydrogen) atoms. The number of β-amino-alcohol motifs (C(OH)–C–C–N with tert-alkyl or cyclic N) is 1. The minimum atomic E-state index is -3.52. The number of sulfonamides is 1. The second-order valence-electron chi connectivity index (χ2n) is 7.39. The van der Waals surface area contributed by atoms with Crippen molar-refractivity contribution in [3.63, 3.8) is 0 Å². The third kappa shape index (κ3) is 4.53. The van der Waals surface area contributed by atoms with Crippen LogP contribution >= 0.6 is 11.6 Å². The minimum absolute atomic E-state index is 0.0902. The first kappa shape index (κ1) is 21.3. The number of nitrogens with zero attached hydrogens (tertiary/aromatic N) is 4. The van der Waals surface area contributed by atoms with Crippen LogP contribution in [0.3, 0.4) is 0 Å². The minimum Gasteiger partial charge on any atom is -0.395 e. The molecule has 2 aromatic carbocycles. The molecule has 2 aliphatic heterocycles. The lowest BCUT2D eigenvalue weighted by Crippen LogP contribution is -2.49. The Morgan fingerprint density at radius 3 is 2.23 bits per heavy atom. The number of benzene rings is 2. The first-order valence-electron chi connectivity index (χ1n) is 10.0. The van der Waals surface area contributed by atoms with E-state index in [0.717, 1.165) is 29.9 Å². The van der Waals surface area contributed by atoms with Crippen LogP contribution in [-0.4, -0.2) is 74.3 Å². The van der Waals surface area contributed by atoms with Gasteiger partial charge in [-0.15, -0.1) is 0 Å². The summed E-state index contributed by atoms with van der Waals surface area (Å²) < 4.78 is 27.4. The number of piperazine rings is 1. The fourth-order valence-corrected chi connectivity index (χ4v) is 5.31. The van der Waals surface area contributed by atoms with Crippen LogP contribution in [-0.2, 0) is 10.0 Å². The van der Waals surface area contributed by atoms with Crippen molar-refractivity contribution in [2.45, 2.75) is 11.3 Å². The first-order chi connectivity index (χ1) is 14.5. The highest BCUT2D eigenvalue weighted by molar-refractivity contribution is 7.89. The molecule has 9 heteroatoms. The average molecular weight is 449 g/mol. The van der Waals surface area contributed by atoms with Crippen molar-refractivity contribution in [1.82, 2.24) is 9.21 Å². The predicted molar refractivity (Wildman–Crippen MR) is 119 cm³/mol. The summed E-state index contributed by atoms with van der Waals surface area (Å²) in [5.41, 5.74) is 2.90. The molecule has 1 fully saturated rings. The van der Waals surface area contributed by atoms with Crippen molar-refractivity contribution < 1.29 is 13.5 Å². The van der Waals surface area contributed by atoms with Gasteiger partial charge in [0.1, 0.15) is 0 Å². The number of rotatable bonds is 6. The van der Waals surface area contributed by atoms with E-state index in [1.54, 1.807) is 12.1 Å². The zero-order valence-electron chi connectivity index (χ0n) is 16.6. The van der Waals surface area contributed by atoms with Gasteiger partial charge in [-0.3, -0.25) is 9.91 Å². The van der Waals surface area contributed by atoms with Gasteiger partial charge in [0.25, 0.3) is 0 Å².